The summed E-state index contributed by atoms with van der Waals surface area (Å²) < 4.78 is 12.9. The molecular formula is C28H28N6O3S+2. The molecule has 38 heavy (non-hydrogen) atoms. The lowest BCUT2D eigenvalue weighted by molar-refractivity contribution is -0.755. The summed E-state index contributed by atoms with van der Waals surface area (Å²) in [5, 5.41) is 2.57. The Kier molecular flexibility index (Phi) is 6.03. The molecule has 1 aliphatic heterocycles. The SMILES string of the molecule is COc1cc2nc(SC)[n+](C3CN(C(=O)c4cc5ccc(-c6ccc[nH+]c6)cc5[nH]4)C3)c(N)c2cc1OC. The molecule has 0 unspecified atom stereocenters. The van der Waals surface area contributed by atoms with Gasteiger partial charge in [-0.05, 0) is 30.0 Å². The molecule has 0 spiro atoms. The molecule has 5 aromatic rings. The molecule has 1 aliphatic rings. The van der Waals surface area contributed by atoms with Crippen LogP contribution in [0.25, 0.3) is 32.9 Å². The number of H-pyrrole nitrogens is 2. The van der Waals surface area contributed by atoms with Crippen molar-refractivity contribution in [1.82, 2.24) is 14.9 Å². The Morgan fingerprint density at radius 3 is 2.63 bits per heavy atom. The van der Waals surface area contributed by atoms with E-state index in [2.05, 4.69) is 22.1 Å². The third-order valence-corrected chi connectivity index (χ3v) is 7.70. The van der Waals surface area contributed by atoms with Crippen LogP contribution in [0, 0.1) is 0 Å². The molecule has 0 aliphatic carbocycles. The summed E-state index contributed by atoms with van der Waals surface area (Å²) in [4.78, 5) is 26.4. The smallest absolute Gasteiger partial charge is 0.299 e. The van der Waals surface area contributed by atoms with Crippen LogP contribution in [0.1, 0.15) is 16.5 Å². The van der Waals surface area contributed by atoms with Gasteiger partial charge in [0.25, 0.3) is 11.1 Å². The van der Waals surface area contributed by atoms with Gasteiger partial charge in [0.1, 0.15) is 11.7 Å². The molecular weight excluding hydrogens is 500 g/mol. The van der Waals surface area contributed by atoms with Crippen molar-refractivity contribution in [3.8, 4) is 22.6 Å². The Hall–Kier alpha value is -4.31. The van der Waals surface area contributed by atoms with Crippen LogP contribution in [0.4, 0.5) is 5.82 Å². The van der Waals surface area contributed by atoms with Crippen molar-refractivity contribution in [3.05, 3.63) is 66.6 Å². The highest BCUT2D eigenvalue weighted by molar-refractivity contribution is 7.98. The van der Waals surface area contributed by atoms with E-state index in [-0.39, 0.29) is 11.9 Å². The molecule has 3 aromatic heterocycles. The highest BCUT2D eigenvalue weighted by atomic mass is 32.2. The van der Waals surface area contributed by atoms with E-state index in [4.69, 9.17) is 20.2 Å². The first-order valence-corrected chi connectivity index (χ1v) is 13.4. The first-order chi connectivity index (χ1) is 18.5. The molecule has 9 nitrogen and oxygen atoms in total. The second kappa shape index (κ2) is 9.53. The molecule has 2 aromatic carbocycles. The number of benzene rings is 2. The van der Waals surface area contributed by atoms with Gasteiger partial charge in [0.05, 0.1) is 32.7 Å². The van der Waals surface area contributed by atoms with Gasteiger partial charge in [-0.3, -0.25) is 4.79 Å². The minimum atomic E-state index is -0.0305. The van der Waals surface area contributed by atoms with Crippen LogP contribution in [0.5, 0.6) is 11.5 Å². The number of rotatable bonds is 6. The van der Waals surface area contributed by atoms with Crippen LogP contribution in [0.15, 0.2) is 66.1 Å². The Bertz CT molecular complexity index is 1680. The summed E-state index contributed by atoms with van der Waals surface area (Å²) in [7, 11) is 3.19. The summed E-state index contributed by atoms with van der Waals surface area (Å²) >= 11 is 1.52. The topological polar surface area (TPSA) is 111 Å². The fourth-order valence-corrected chi connectivity index (χ4v) is 5.64. The third-order valence-electron chi connectivity index (χ3n) is 7.05. The van der Waals surface area contributed by atoms with E-state index in [0.717, 1.165) is 38.1 Å². The van der Waals surface area contributed by atoms with Gasteiger partial charge >= 0.3 is 0 Å². The van der Waals surface area contributed by atoms with E-state index >= 15 is 0 Å². The van der Waals surface area contributed by atoms with Gasteiger partial charge in [-0.15, -0.1) is 0 Å². The predicted octanol–water partition coefficient (Wildman–Crippen LogP) is 3.50. The van der Waals surface area contributed by atoms with Crippen LogP contribution in [-0.2, 0) is 0 Å². The number of hydrogen-bond acceptors (Lipinski definition) is 6. The van der Waals surface area contributed by atoms with Gasteiger partial charge in [0.2, 0.25) is 5.82 Å². The Morgan fingerprint density at radius 1 is 1.13 bits per heavy atom. The number of carbonyl (C=O) groups excluding carboxylic acids is 1. The Morgan fingerprint density at radius 2 is 1.92 bits per heavy atom. The molecule has 4 heterocycles. The minimum Gasteiger partial charge on any atom is -0.493 e. The van der Waals surface area contributed by atoms with Crippen molar-refractivity contribution >= 4 is 45.3 Å². The fraction of sp³-hybridized carbons (Fsp3) is 0.214. The van der Waals surface area contributed by atoms with Crippen LogP contribution in [-0.4, -0.2) is 54.3 Å². The normalized spacial score (nSPS) is 13.6. The molecule has 1 fully saturated rings. The largest absolute Gasteiger partial charge is 0.493 e. The van der Waals surface area contributed by atoms with Gasteiger partial charge in [-0.2, -0.15) is 0 Å². The number of hydrogen-bond donors (Lipinski definition) is 2. The summed E-state index contributed by atoms with van der Waals surface area (Å²) in [5.74, 6) is 1.75. The molecule has 0 atom stereocenters. The molecule has 10 heteroatoms. The van der Waals surface area contributed by atoms with E-state index in [0.29, 0.717) is 36.1 Å². The summed E-state index contributed by atoms with van der Waals surface area (Å²) in [6.45, 7) is 1.09. The maximum atomic E-state index is 13.3. The summed E-state index contributed by atoms with van der Waals surface area (Å²) in [6, 6.07) is 15.8. The number of methoxy groups -OCH3 is 2. The van der Waals surface area contributed by atoms with Crippen molar-refractivity contribution in [2.45, 2.75) is 11.2 Å². The summed E-state index contributed by atoms with van der Waals surface area (Å²) in [5.41, 5.74) is 11.1. The third kappa shape index (κ3) is 3.97. The van der Waals surface area contributed by atoms with Crippen molar-refractivity contribution < 1.29 is 23.8 Å². The van der Waals surface area contributed by atoms with E-state index < -0.39 is 0 Å². The number of anilines is 1. The Balaban J connectivity index is 1.25. The number of fused-ring (bicyclic) bond motifs is 2. The molecule has 1 saturated heterocycles. The first-order valence-electron chi connectivity index (χ1n) is 12.2. The number of nitrogens with zero attached hydrogens (tertiary/aromatic N) is 3. The molecule has 6 rings (SSSR count). The average molecular weight is 529 g/mol. The van der Waals surface area contributed by atoms with Crippen molar-refractivity contribution in [1.29, 1.82) is 0 Å². The maximum absolute atomic E-state index is 13.3. The summed E-state index contributed by atoms with van der Waals surface area (Å²) in [6.07, 6.45) is 5.80. The van der Waals surface area contributed by atoms with Crippen molar-refractivity contribution in [3.63, 3.8) is 0 Å². The highest BCUT2D eigenvalue weighted by Gasteiger charge is 2.38. The molecule has 0 radical (unpaired) electrons. The maximum Gasteiger partial charge on any atom is 0.299 e. The van der Waals surface area contributed by atoms with E-state index in [1.165, 1.54) is 11.8 Å². The lowest BCUT2D eigenvalue weighted by atomic mass is 10.1. The van der Waals surface area contributed by atoms with Gasteiger partial charge in [0, 0.05) is 34.7 Å². The minimum absolute atomic E-state index is 0.0247. The number of amides is 1. The lowest BCUT2D eigenvalue weighted by Gasteiger charge is -2.38. The molecule has 0 saturated carbocycles. The van der Waals surface area contributed by atoms with Gasteiger partial charge < -0.3 is 25.1 Å². The van der Waals surface area contributed by atoms with E-state index in [1.807, 2.05) is 64.5 Å². The van der Waals surface area contributed by atoms with E-state index in [9.17, 15) is 4.79 Å². The number of aromatic nitrogens is 4. The highest BCUT2D eigenvalue weighted by Crippen LogP contribution is 2.35. The van der Waals surface area contributed by atoms with Gasteiger partial charge in [-0.25, -0.2) is 9.55 Å². The number of nitrogens with two attached hydrogens (primary N) is 1. The zero-order chi connectivity index (χ0) is 26.4. The number of likely N-dealkylation sites (tertiary alicyclic amines) is 1. The van der Waals surface area contributed by atoms with Crippen LogP contribution >= 0.6 is 11.8 Å². The Labute approximate surface area is 223 Å². The van der Waals surface area contributed by atoms with Gasteiger partial charge in [0.15, 0.2) is 29.4 Å². The molecule has 1 amide bonds. The second-order valence-corrected chi connectivity index (χ2v) is 9.99. The molecule has 0 bridgehead atoms. The fourth-order valence-electron chi connectivity index (χ4n) is 5.00. The zero-order valence-corrected chi connectivity index (χ0v) is 22.1. The van der Waals surface area contributed by atoms with Crippen molar-refractivity contribution in [2.75, 3.05) is 39.3 Å². The number of aromatic amines is 2. The van der Waals surface area contributed by atoms with Crippen LogP contribution in [0.3, 0.4) is 0 Å². The average Bonchev–Trinajstić information content (AvgIpc) is 3.36. The lowest BCUT2D eigenvalue weighted by Crippen LogP contribution is -2.62. The van der Waals surface area contributed by atoms with Gasteiger partial charge in [-0.1, -0.05) is 28.9 Å². The second-order valence-electron chi connectivity index (χ2n) is 9.22. The van der Waals surface area contributed by atoms with Crippen molar-refractivity contribution in [2.24, 2.45) is 0 Å². The monoisotopic (exact) mass is 528 g/mol. The predicted molar refractivity (Wildman–Crippen MR) is 146 cm³/mol. The first kappa shape index (κ1) is 24.1. The van der Waals surface area contributed by atoms with Crippen LogP contribution in [0.2, 0.25) is 0 Å². The quantitative estimate of drug-likeness (QED) is 0.198. The number of carbonyl (C=O) groups is 1. The molecule has 4 N–H and O–H groups in total. The standard InChI is InChI=1S/C28H26N6O3S/c1-36-24-11-20-22(12-25(24)37-2)32-28(38-3)34(26(20)29)19-14-33(15-19)27(35)23-10-17-7-6-16(9-21(17)31-23)18-5-4-8-30-13-18/h4-13,19,29H,14-15H2,1-3H3,(H,31,35)/p+2. The van der Waals surface area contributed by atoms with Crippen LogP contribution < -0.4 is 24.8 Å². The number of pyridine rings is 1. The van der Waals surface area contributed by atoms with E-state index in [1.54, 1.807) is 14.2 Å². The molecule has 192 valence electrons. The zero-order valence-electron chi connectivity index (χ0n) is 21.3. The number of nitrogens with one attached hydrogen (secondary N) is 2. The number of nitrogen functional groups attached to an aromatic ring is 1. The number of thioether (sulfide) groups is 1. The number of ether oxygens (including phenoxy) is 2.